The third-order valence-corrected chi connectivity index (χ3v) is 5.21. The number of nitrogens with one attached hydrogen (secondary N) is 1. The Balaban J connectivity index is 1.94. The minimum atomic E-state index is 0.413. The van der Waals surface area contributed by atoms with Gasteiger partial charge < -0.3 is 19.9 Å². The standard InChI is InChI=1S/C17H35N3O/c1-15(2)18-13-17(7-10-21-11-8-17)14-20-9-5-6-16(12-20)19(3)4/h15-16,18H,5-14H2,1-4H3. The average Bonchev–Trinajstić information content (AvgIpc) is 2.46. The molecule has 124 valence electrons. The van der Waals surface area contributed by atoms with Gasteiger partial charge in [-0.25, -0.2) is 0 Å². The lowest BCUT2D eigenvalue weighted by molar-refractivity contribution is -0.0135. The van der Waals surface area contributed by atoms with Gasteiger partial charge in [-0.15, -0.1) is 0 Å². The van der Waals surface area contributed by atoms with Gasteiger partial charge >= 0.3 is 0 Å². The van der Waals surface area contributed by atoms with Gasteiger partial charge in [-0.3, -0.25) is 0 Å². The fourth-order valence-electron chi connectivity index (χ4n) is 3.69. The van der Waals surface area contributed by atoms with Crippen molar-refractivity contribution in [1.82, 2.24) is 15.1 Å². The SMILES string of the molecule is CC(C)NCC1(CN2CCCC(N(C)C)C2)CCOCC1. The number of likely N-dealkylation sites (N-methyl/N-ethyl adjacent to an activating group) is 1. The Morgan fingerprint density at radius 3 is 2.62 bits per heavy atom. The number of piperidine rings is 1. The number of hydrogen-bond acceptors (Lipinski definition) is 4. The van der Waals surface area contributed by atoms with Crippen LogP contribution in [0.1, 0.15) is 39.5 Å². The maximum Gasteiger partial charge on any atom is 0.0472 e. The van der Waals surface area contributed by atoms with Crippen LogP contribution in [-0.4, -0.2) is 75.4 Å². The molecule has 0 amide bonds. The van der Waals surface area contributed by atoms with Crippen LogP contribution in [0, 0.1) is 5.41 Å². The van der Waals surface area contributed by atoms with Crippen LogP contribution in [0.15, 0.2) is 0 Å². The van der Waals surface area contributed by atoms with Crippen molar-refractivity contribution in [3.05, 3.63) is 0 Å². The molecule has 1 atom stereocenters. The van der Waals surface area contributed by atoms with Crippen LogP contribution in [0.5, 0.6) is 0 Å². The first-order valence-electron chi connectivity index (χ1n) is 8.71. The quantitative estimate of drug-likeness (QED) is 0.809. The fourth-order valence-corrected chi connectivity index (χ4v) is 3.69. The second kappa shape index (κ2) is 7.91. The second-order valence-electron chi connectivity index (χ2n) is 7.64. The van der Waals surface area contributed by atoms with E-state index in [1.807, 2.05) is 0 Å². The van der Waals surface area contributed by atoms with E-state index in [1.165, 1.54) is 45.3 Å². The first-order chi connectivity index (χ1) is 10.0. The van der Waals surface area contributed by atoms with E-state index in [0.29, 0.717) is 11.5 Å². The van der Waals surface area contributed by atoms with Crippen LogP contribution in [0.2, 0.25) is 0 Å². The molecule has 4 nitrogen and oxygen atoms in total. The highest BCUT2D eigenvalue weighted by molar-refractivity contribution is 4.90. The molecule has 0 aliphatic carbocycles. The zero-order valence-corrected chi connectivity index (χ0v) is 14.5. The first kappa shape index (κ1) is 17.2. The van der Waals surface area contributed by atoms with Crippen LogP contribution < -0.4 is 5.32 Å². The van der Waals surface area contributed by atoms with Gasteiger partial charge in [0.05, 0.1) is 0 Å². The highest BCUT2D eigenvalue weighted by atomic mass is 16.5. The van der Waals surface area contributed by atoms with Crippen molar-refractivity contribution in [2.45, 2.75) is 51.6 Å². The fraction of sp³-hybridized carbons (Fsp3) is 1.00. The average molecular weight is 297 g/mol. The number of ether oxygens (including phenoxy) is 1. The lowest BCUT2D eigenvalue weighted by Crippen LogP contribution is -2.53. The highest BCUT2D eigenvalue weighted by Crippen LogP contribution is 2.32. The summed E-state index contributed by atoms with van der Waals surface area (Å²) < 4.78 is 5.63. The molecule has 2 aliphatic heterocycles. The molecule has 0 spiro atoms. The molecule has 0 saturated carbocycles. The largest absolute Gasteiger partial charge is 0.381 e. The Labute approximate surface area is 131 Å². The van der Waals surface area contributed by atoms with Gasteiger partial charge in [0.2, 0.25) is 0 Å². The molecule has 0 radical (unpaired) electrons. The van der Waals surface area contributed by atoms with Gasteiger partial charge in [0.1, 0.15) is 0 Å². The summed E-state index contributed by atoms with van der Waals surface area (Å²) in [5.74, 6) is 0. The van der Waals surface area contributed by atoms with Gasteiger partial charge in [0.25, 0.3) is 0 Å². The van der Waals surface area contributed by atoms with Gasteiger partial charge in [-0.2, -0.15) is 0 Å². The minimum absolute atomic E-state index is 0.413. The van der Waals surface area contributed by atoms with E-state index < -0.39 is 0 Å². The van der Waals surface area contributed by atoms with E-state index in [1.54, 1.807) is 0 Å². The molecule has 1 unspecified atom stereocenters. The summed E-state index contributed by atoms with van der Waals surface area (Å²) in [6.07, 6.45) is 5.10. The Morgan fingerprint density at radius 1 is 1.29 bits per heavy atom. The normalized spacial score (nSPS) is 27.4. The maximum absolute atomic E-state index is 5.63. The van der Waals surface area contributed by atoms with Gasteiger partial charge in [-0.05, 0) is 51.7 Å². The van der Waals surface area contributed by atoms with Crippen molar-refractivity contribution in [3.63, 3.8) is 0 Å². The minimum Gasteiger partial charge on any atom is -0.381 e. The van der Waals surface area contributed by atoms with Crippen molar-refractivity contribution in [1.29, 1.82) is 0 Å². The summed E-state index contributed by atoms with van der Waals surface area (Å²) in [4.78, 5) is 5.11. The van der Waals surface area contributed by atoms with Gasteiger partial charge in [0.15, 0.2) is 0 Å². The van der Waals surface area contributed by atoms with Crippen molar-refractivity contribution in [3.8, 4) is 0 Å². The molecule has 4 heteroatoms. The Kier molecular flexibility index (Phi) is 6.48. The molecule has 0 aromatic heterocycles. The summed E-state index contributed by atoms with van der Waals surface area (Å²) in [6, 6.07) is 1.30. The Morgan fingerprint density at radius 2 is 2.00 bits per heavy atom. The summed E-state index contributed by atoms with van der Waals surface area (Å²) in [5, 5.41) is 3.69. The van der Waals surface area contributed by atoms with Crippen LogP contribution in [0.25, 0.3) is 0 Å². The molecule has 2 fully saturated rings. The molecular weight excluding hydrogens is 262 g/mol. The first-order valence-corrected chi connectivity index (χ1v) is 8.71. The zero-order chi connectivity index (χ0) is 15.3. The lowest BCUT2D eigenvalue weighted by atomic mass is 9.79. The monoisotopic (exact) mass is 297 g/mol. The molecule has 2 saturated heterocycles. The topological polar surface area (TPSA) is 27.7 Å². The molecule has 2 aliphatic rings. The molecule has 1 N–H and O–H groups in total. The highest BCUT2D eigenvalue weighted by Gasteiger charge is 2.35. The van der Waals surface area contributed by atoms with E-state index >= 15 is 0 Å². The zero-order valence-electron chi connectivity index (χ0n) is 14.5. The third kappa shape index (κ3) is 5.20. The summed E-state index contributed by atoms with van der Waals surface area (Å²) in [6.45, 7) is 11.2. The van der Waals surface area contributed by atoms with E-state index in [-0.39, 0.29) is 0 Å². The van der Waals surface area contributed by atoms with Crippen molar-refractivity contribution in [2.75, 3.05) is 53.5 Å². The predicted molar refractivity (Wildman–Crippen MR) is 88.8 cm³/mol. The van der Waals surface area contributed by atoms with Gasteiger partial charge in [-0.1, -0.05) is 13.8 Å². The van der Waals surface area contributed by atoms with Crippen molar-refractivity contribution < 1.29 is 4.74 Å². The molecular formula is C17H35N3O. The van der Waals surface area contributed by atoms with Crippen molar-refractivity contribution >= 4 is 0 Å². The molecule has 2 rings (SSSR count). The molecule has 0 aromatic carbocycles. The van der Waals surface area contributed by atoms with E-state index in [9.17, 15) is 0 Å². The van der Waals surface area contributed by atoms with Crippen LogP contribution in [-0.2, 0) is 4.74 Å². The van der Waals surface area contributed by atoms with Gasteiger partial charge in [0, 0.05) is 44.9 Å². The van der Waals surface area contributed by atoms with Crippen LogP contribution in [0.3, 0.4) is 0 Å². The predicted octanol–water partition coefficient (Wildman–Crippen LogP) is 1.81. The van der Waals surface area contributed by atoms with Crippen LogP contribution in [0.4, 0.5) is 0 Å². The Bertz CT molecular complexity index is 300. The summed E-state index contributed by atoms with van der Waals surface area (Å²) >= 11 is 0. The lowest BCUT2D eigenvalue weighted by Gasteiger charge is -2.44. The smallest absolute Gasteiger partial charge is 0.0472 e. The number of nitrogens with zero attached hydrogens (tertiary/aromatic N) is 2. The van der Waals surface area contributed by atoms with E-state index in [0.717, 1.165) is 25.8 Å². The number of hydrogen-bond donors (Lipinski definition) is 1. The summed E-state index contributed by atoms with van der Waals surface area (Å²) in [5.41, 5.74) is 0.413. The third-order valence-electron chi connectivity index (χ3n) is 5.21. The Hall–Kier alpha value is -0.160. The molecule has 21 heavy (non-hydrogen) atoms. The van der Waals surface area contributed by atoms with Crippen molar-refractivity contribution in [2.24, 2.45) is 5.41 Å². The van der Waals surface area contributed by atoms with E-state index in [2.05, 4.69) is 43.1 Å². The number of likely N-dealkylation sites (tertiary alicyclic amines) is 1. The second-order valence-corrected chi connectivity index (χ2v) is 7.64. The molecule has 2 heterocycles. The van der Waals surface area contributed by atoms with Crippen LogP contribution >= 0.6 is 0 Å². The maximum atomic E-state index is 5.63. The molecule has 0 aromatic rings. The molecule has 0 bridgehead atoms. The van der Waals surface area contributed by atoms with E-state index in [4.69, 9.17) is 4.74 Å². The summed E-state index contributed by atoms with van der Waals surface area (Å²) in [7, 11) is 4.44. The number of rotatable bonds is 6.